The van der Waals surface area contributed by atoms with Crippen LogP contribution in [0.1, 0.15) is 86.5 Å². The van der Waals surface area contributed by atoms with E-state index in [4.69, 9.17) is 4.74 Å². The fraction of sp³-hybridized carbons (Fsp3) is 0.929. The molecule has 0 amide bonds. The topological polar surface area (TPSA) is 53.0 Å². The summed E-state index contributed by atoms with van der Waals surface area (Å²) in [5.41, 5.74) is 2.08. The Hall–Kier alpha value is -0.380. The molecule has 5 rings (SSSR count). The van der Waals surface area contributed by atoms with E-state index in [-0.39, 0.29) is 23.5 Å². The SMILES string of the molecule is CC(C)C(C)C1OC1[C@@H](C)[C@H]1CC[C@H]2[C@@H]3CC(O)C4CC(O)CC[C@]4(C)C3=CC[C@]12C. The zero-order valence-corrected chi connectivity index (χ0v) is 20.7. The molecule has 0 aromatic rings. The zero-order chi connectivity index (χ0) is 22.3. The van der Waals surface area contributed by atoms with Crippen molar-refractivity contribution in [1.82, 2.24) is 0 Å². The van der Waals surface area contributed by atoms with Gasteiger partial charge in [0.1, 0.15) is 0 Å². The number of rotatable bonds is 4. The summed E-state index contributed by atoms with van der Waals surface area (Å²) in [4.78, 5) is 0. The van der Waals surface area contributed by atoms with Gasteiger partial charge in [-0.2, -0.15) is 0 Å². The van der Waals surface area contributed by atoms with Crippen LogP contribution in [0.2, 0.25) is 0 Å². The van der Waals surface area contributed by atoms with Crippen LogP contribution < -0.4 is 0 Å². The number of epoxide rings is 1. The molecule has 0 aromatic heterocycles. The highest BCUT2D eigenvalue weighted by atomic mass is 16.6. The van der Waals surface area contributed by atoms with Crippen molar-refractivity contribution in [3.63, 3.8) is 0 Å². The van der Waals surface area contributed by atoms with Gasteiger partial charge in [0, 0.05) is 0 Å². The van der Waals surface area contributed by atoms with Gasteiger partial charge in [-0.1, -0.05) is 53.2 Å². The van der Waals surface area contributed by atoms with Crippen molar-refractivity contribution < 1.29 is 14.9 Å². The van der Waals surface area contributed by atoms with Crippen molar-refractivity contribution in [2.24, 2.45) is 52.3 Å². The van der Waals surface area contributed by atoms with Gasteiger partial charge in [0.05, 0.1) is 24.4 Å². The van der Waals surface area contributed by atoms with Crippen LogP contribution in [0, 0.1) is 52.3 Å². The number of allylic oxidation sites excluding steroid dienone is 2. The van der Waals surface area contributed by atoms with Crippen LogP contribution in [0.3, 0.4) is 0 Å². The van der Waals surface area contributed by atoms with Crippen LogP contribution in [-0.4, -0.2) is 34.6 Å². The molecule has 3 saturated carbocycles. The maximum atomic E-state index is 11.2. The molecule has 4 aliphatic carbocycles. The van der Waals surface area contributed by atoms with E-state index in [0.29, 0.717) is 47.2 Å². The molecule has 0 aromatic carbocycles. The van der Waals surface area contributed by atoms with Crippen molar-refractivity contribution in [2.45, 2.75) is 111 Å². The molecule has 5 aliphatic rings. The summed E-state index contributed by atoms with van der Waals surface area (Å²) in [5.74, 6) is 4.13. The Morgan fingerprint density at radius 3 is 2.42 bits per heavy atom. The van der Waals surface area contributed by atoms with E-state index < -0.39 is 0 Å². The van der Waals surface area contributed by atoms with Gasteiger partial charge >= 0.3 is 0 Å². The molecule has 0 radical (unpaired) electrons. The highest BCUT2D eigenvalue weighted by Gasteiger charge is 2.61. The average molecular weight is 431 g/mol. The van der Waals surface area contributed by atoms with Gasteiger partial charge in [-0.15, -0.1) is 0 Å². The quantitative estimate of drug-likeness (QED) is 0.451. The second-order valence-electron chi connectivity index (χ2n) is 13.0. The molecule has 2 N–H and O–H groups in total. The Morgan fingerprint density at radius 2 is 1.71 bits per heavy atom. The minimum atomic E-state index is -0.260. The summed E-state index contributed by atoms with van der Waals surface area (Å²) in [6, 6.07) is 0. The van der Waals surface area contributed by atoms with E-state index in [0.717, 1.165) is 31.6 Å². The van der Waals surface area contributed by atoms with Crippen LogP contribution in [0.4, 0.5) is 0 Å². The van der Waals surface area contributed by atoms with Crippen molar-refractivity contribution >= 4 is 0 Å². The van der Waals surface area contributed by atoms with Crippen molar-refractivity contribution in [3.05, 3.63) is 11.6 Å². The largest absolute Gasteiger partial charge is 0.393 e. The van der Waals surface area contributed by atoms with E-state index in [2.05, 4.69) is 47.6 Å². The maximum absolute atomic E-state index is 11.2. The molecule has 1 saturated heterocycles. The summed E-state index contributed by atoms with van der Waals surface area (Å²) in [7, 11) is 0. The Kier molecular flexibility index (Phi) is 5.47. The van der Waals surface area contributed by atoms with Gasteiger partial charge in [-0.25, -0.2) is 0 Å². The lowest BCUT2D eigenvalue weighted by Crippen LogP contribution is -2.53. The van der Waals surface area contributed by atoms with Crippen LogP contribution in [0.25, 0.3) is 0 Å². The third-order valence-corrected chi connectivity index (χ3v) is 11.4. The lowest BCUT2D eigenvalue weighted by Gasteiger charge is -2.58. The smallest absolute Gasteiger partial charge is 0.0873 e. The van der Waals surface area contributed by atoms with Crippen molar-refractivity contribution in [1.29, 1.82) is 0 Å². The van der Waals surface area contributed by atoms with E-state index >= 15 is 0 Å². The first kappa shape index (κ1) is 22.4. The minimum Gasteiger partial charge on any atom is -0.393 e. The third-order valence-electron chi connectivity index (χ3n) is 11.4. The minimum absolute atomic E-state index is 0.0873. The van der Waals surface area contributed by atoms with Gasteiger partial charge < -0.3 is 14.9 Å². The summed E-state index contributed by atoms with van der Waals surface area (Å²) < 4.78 is 6.28. The highest BCUT2D eigenvalue weighted by Crippen LogP contribution is 2.67. The van der Waals surface area contributed by atoms with Crippen LogP contribution in [-0.2, 0) is 4.74 Å². The molecule has 1 aliphatic heterocycles. The number of ether oxygens (including phenoxy) is 1. The summed E-state index contributed by atoms with van der Waals surface area (Å²) in [6.07, 6.45) is 10.5. The van der Waals surface area contributed by atoms with E-state index in [1.54, 1.807) is 5.57 Å². The zero-order valence-electron chi connectivity index (χ0n) is 20.7. The average Bonchev–Trinajstić information content (AvgIpc) is 3.43. The number of fused-ring (bicyclic) bond motifs is 5. The molecule has 176 valence electrons. The Morgan fingerprint density at radius 1 is 0.968 bits per heavy atom. The van der Waals surface area contributed by atoms with Gasteiger partial charge in [-0.3, -0.25) is 0 Å². The van der Waals surface area contributed by atoms with Crippen LogP contribution in [0.15, 0.2) is 11.6 Å². The molecule has 3 heteroatoms. The van der Waals surface area contributed by atoms with Crippen LogP contribution >= 0.6 is 0 Å². The first-order valence-electron chi connectivity index (χ1n) is 13.3. The van der Waals surface area contributed by atoms with Crippen LogP contribution in [0.5, 0.6) is 0 Å². The standard InChI is InChI=1S/C28H46O3/c1-15(2)16(3)25-26(31-25)17(4)20-7-8-21-19-14-24(30)23-13-18(29)9-11-28(23,6)22(19)10-12-27(20,21)5/h10,15-21,23-26,29-30H,7-9,11-14H2,1-6H3/t16?,17-,18?,19-,20+,21-,23?,24?,25?,26?,27+,28+/m0/s1. The summed E-state index contributed by atoms with van der Waals surface area (Å²) in [6.45, 7) is 14.4. The van der Waals surface area contributed by atoms with Gasteiger partial charge in [0.2, 0.25) is 0 Å². The predicted molar refractivity (Wildman–Crippen MR) is 124 cm³/mol. The van der Waals surface area contributed by atoms with E-state index in [1.807, 2.05) is 0 Å². The molecule has 4 fully saturated rings. The fourth-order valence-electron chi connectivity index (χ4n) is 9.04. The van der Waals surface area contributed by atoms with Gasteiger partial charge in [0.25, 0.3) is 0 Å². The fourth-order valence-corrected chi connectivity index (χ4v) is 9.04. The lowest BCUT2D eigenvalue weighted by atomic mass is 9.47. The second-order valence-corrected chi connectivity index (χ2v) is 13.0. The molecule has 12 atom stereocenters. The van der Waals surface area contributed by atoms with Crippen molar-refractivity contribution in [3.8, 4) is 0 Å². The predicted octanol–water partition coefficient (Wildman–Crippen LogP) is 5.59. The maximum Gasteiger partial charge on any atom is 0.0873 e. The monoisotopic (exact) mass is 430 g/mol. The molecular weight excluding hydrogens is 384 g/mol. The number of hydrogen-bond acceptors (Lipinski definition) is 3. The Balaban J connectivity index is 1.38. The molecule has 0 bridgehead atoms. The molecule has 3 nitrogen and oxygen atoms in total. The summed E-state index contributed by atoms with van der Waals surface area (Å²) >= 11 is 0. The van der Waals surface area contributed by atoms with Crippen molar-refractivity contribution in [2.75, 3.05) is 0 Å². The van der Waals surface area contributed by atoms with E-state index in [1.165, 1.54) is 19.3 Å². The Bertz CT molecular complexity index is 730. The number of hydrogen-bond donors (Lipinski definition) is 2. The summed E-state index contributed by atoms with van der Waals surface area (Å²) in [5, 5.41) is 21.5. The highest BCUT2D eigenvalue weighted by molar-refractivity contribution is 5.30. The van der Waals surface area contributed by atoms with Gasteiger partial charge in [-0.05, 0) is 97.2 Å². The molecule has 31 heavy (non-hydrogen) atoms. The first-order chi connectivity index (χ1) is 14.6. The molecule has 6 unspecified atom stereocenters. The molecular formula is C28H46O3. The number of aliphatic hydroxyl groups is 2. The lowest BCUT2D eigenvalue weighted by molar-refractivity contribution is -0.0829. The first-order valence-corrected chi connectivity index (χ1v) is 13.3. The molecule has 0 spiro atoms. The second kappa shape index (κ2) is 7.57. The number of aliphatic hydroxyl groups excluding tert-OH is 2. The van der Waals surface area contributed by atoms with Gasteiger partial charge in [0.15, 0.2) is 0 Å². The normalized spacial score (nSPS) is 53.3. The Labute approximate surface area is 190 Å². The molecule has 1 heterocycles. The van der Waals surface area contributed by atoms with E-state index in [9.17, 15) is 10.2 Å². The third kappa shape index (κ3) is 3.31.